The van der Waals surface area contributed by atoms with Gasteiger partial charge in [-0.3, -0.25) is 0 Å². The second-order valence-corrected chi connectivity index (χ2v) is 6.06. The van der Waals surface area contributed by atoms with Crippen LogP contribution in [0.4, 0.5) is 19.0 Å². The van der Waals surface area contributed by atoms with Crippen molar-refractivity contribution in [3.05, 3.63) is 34.2 Å². The first-order valence-electron chi connectivity index (χ1n) is 7.03. The zero-order chi connectivity index (χ0) is 16.6. The van der Waals surface area contributed by atoms with Crippen LogP contribution in [0, 0.1) is 0 Å². The first-order chi connectivity index (χ1) is 10.9. The minimum Gasteiger partial charge on any atom is -0.462 e. The average Bonchev–Trinajstić information content (AvgIpc) is 3.14. The Kier molecular flexibility index (Phi) is 4.05. The lowest BCUT2D eigenvalue weighted by molar-refractivity contribution is -0.173. The van der Waals surface area contributed by atoms with Crippen LogP contribution in [0.15, 0.2) is 23.7 Å². The number of fused-ring (bicyclic) bond motifs is 1. The van der Waals surface area contributed by atoms with Gasteiger partial charge in [0.1, 0.15) is 11.4 Å². The molecule has 1 N–H and O–H groups in total. The molecule has 0 amide bonds. The molecule has 0 bridgehead atoms. The maximum atomic E-state index is 13.4. The molecule has 1 aliphatic heterocycles. The normalized spacial score (nSPS) is 20.7. The topological polar surface area (TPSA) is 56.1 Å². The molecule has 2 atom stereocenters. The number of carbonyl (C=O) groups excluding carboxylic acids is 1. The van der Waals surface area contributed by atoms with Gasteiger partial charge < -0.3 is 10.1 Å². The highest BCUT2D eigenvalue weighted by Crippen LogP contribution is 2.45. The van der Waals surface area contributed by atoms with E-state index in [2.05, 4.69) is 10.4 Å². The molecule has 0 unspecified atom stereocenters. The number of rotatable bonds is 3. The Morgan fingerprint density at radius 2 is 2.35 bits per heavy atom. The Labute approximate surface area is 134 Å². The maximum absolute atomic E-state index is 13.4. The van der Waals surface area contributed by atoms with Gasteiger partial charge in [0.05, 0.1) is 18.8 Å². The number of hydrogen-bond donors (Lipinski definition) is 1. The van der Waals surface area contributed by atoms with Crippen LogP contribution < -0.4 is 5.32 Å². The predicted octanol–water partition coefficient (Wildman–Crippen LogP) is 3.78. The van der Waals surface area contributed by atoms with Crippen molar-refractivity contribution in [2.24, 2.45) is 0 Å². The van der Waals surface area contributed by atoms with E-state index < -0.39 is 24.2 Å². The molecule has 0 aromatic carbocycles. The van der Waals surface area contributed by atoms with E-state index in [0.29, 0.717) is 0 Å². The van der Waals surface area contributed by atoms with E-state index in [1.165, 1.54) is 11.3 Å². The van der Waals surface area contributed by atoms with Crippen molar-refractivity contribution in [1.29, 1.82) is 0 Å². The molecule has 0 saturated heterocycles. The number of carbonyl (C=O) groups is 1. The Morgan fingerprint density at radius 1 is 1.57 bits per heavy atom. The van der Waals surface area contributed by atoms with Crippen LogP contribution in [0.1, 0.15) is 40.7 Å². The fraction of sp³-hybridized carbons (Fsp3) is 0.429. The molecule has 0 radical (unpaired) electrons. The molecule has 0 saturated carbocycles. The van der Waals surface area contributed by atoms with Gasteiger partial charge in [0.2, 0.25) is 0 Å². The molecule has 0 fully saturated rings. The van der Waals surface area contributed by atoms with Gasteiger partial charge in [-0.25, -0.2) is 9.48 Å². The number of aromatic nitrogens is 2. The minimum atomic E-state index is -4.45. The van der Waals surface area contributed by atoms with Crippen molar-refractivity contribution in [1.82, 2.24) is 9.78 Å². The van der Waals surface area contributed by atoms with E-state index in [-0.39, 0.29) is 24.4 Å². The lowest BCUT2D eigenvalue weighted by atomic mass is 10.0. The zero-order valence-electron chi connectivity index (χ0n) is 12.1. The van der Waals surface area contributed by atoms with Gasteiger partial charge in [0.15, 0.2) is 6.04 Å². The van der Waals surface area contributed by atoms with Crippen molar-refractivity contribution in [3.63, 3.8) is 0 Å². The average molecular weight is 345 g/mol. The molecule has 2 aromatic rings. The molecule has 3 heterocycles. The lowest BCUT2D eigenvalue weighted by Crippen LogP contribution is -2.36. The highest BCUT2D eigenvalue weighted by Gasteiger charge is 2.47. The first kappa shape index (κ1) is 15.9. The molecular formula is C14H14F3N3O2S. The van der Waals surface area contributed by atoms with E-state index >= 15 is 0 Å². The van der Waals surface area contributed by atoms with Crippen LogP contribution in [0.5, 0.6) is 0 Å². The van der Waals surface area contributed by atoms with Crippen molar-refractivity contribution in [2.75, 3.05) is 11.9 Å². The van der Waals surface area contributed by atoms with Crippen LogP contribution in [0.25, 0.3) is 0 Å². The molecule has 0 spiro atoms. The zero-order valence-corrected chi connectivity index (χ0v) is 12.9. The summed E-state index contributed by atoms with van der Waals surface area (Å²) in [4.78, 5) is 12.7. The molecule has 2 aromatic heterocycles. The summed E-state index contributed by atoms with van der Waals surface area (Å²) in [5.41, 5.74) is 0.0161. The van der Waals surface area contributed by atoms with Crippen molar-refractivity contribution in [3.8, 4) is 0 Å². The van der Waals surface area contributed by atoms with Crippen LogP contribution >= 0.6 is 11.3 Å². The lowest BCUT2D eigenvalue weighted by Gasteiger charge is -2.33. The Bertz CT molecular complexity index is 697. The summed E-state index contributed by atoms with van der Waals surface area (Å²) in [6.07, 6.45) is -3.51. The molecule has 3 rings (SSSR count). The number of alkyl halides is 3. The number of ether oxygens (including phenoxy) is 1. The molecule has 9 heteroatoms. The smallest absolute Gasteiger partial charge is 0.410 e. The monoisotopic (exact) mass is 345 g/mol. The third kappa shape index (κ3) is 2.92. The summed E-state index contributed by atoms with van der Waals surface area (Å²) >= 11 is 1.37. The van der Waals surface area contributed by atoms with E-state index in [0.717, 1.165) is 15.8 Å². The van der Waals surface area contributed by atoms with Gasteiger partial charge in [-0.15, -0.1) is 11.3 Å². The van der Waals surface area contributed by atoms with Crippen molar-refractivity contribution in [2.45, 2.75) is 31.6 Å². The second-order valence-electron chi connectivity index (χ2n) is 5.08. The highest BCUT2D eigenvalue weighted by molar-refractivity contribution is 7.10. The minimum absolute atomic E-state index is 0.0161. The fourth-order valence-corrected chi connectivity index (χ4v) is 3.39. The number of nitrogens with zero attached hydrogens (tertiary/aromatic N) is 2. The molecule has 0 aliphatic carbocycles. The molecule has 124 valence electrons. The quantitative estimate of drug-likeness (QED) is 0.860. The van der Waals surface area contributed by atoms with Gasteiger partial charge in [0.25, 0.3) is 0 Å². The molecular weight excluding hydrogens is 331 g/mol. The number of thiophene rings is 1. The van der Waals surface area contributed by atoms with Crippen molar-refractivity contribution >= 4 is 23.1 Å². The fourth-order valence-electron chi connectivity index (χ4n) is 2.60. The summed E-state index contributed by atoms with van der Waals surface area (Å²) in [5, 5.41) is 8.56. The first-order valence-corrected chi connectivity index (χ1v) is 7.91. The van der Waals surface area contributed by atoms with Crippen LogP contribution in [-0.2, 0) is 4.74 Å². The van der Waals surface area contributed by atoms with Crippen LogP contribution in [0.3, 0.4) is 0 Å². The Morgan fingerprint density at radius 3 is 2.96 bits per heavy atom. The Hall–Kier alpha value is -2.03. The molecule has 1 aliphatic rings. The largest absolute Gasteiger partial charge is 0.462 e. The van der Waals surface area contributed by atoms with Gasteiger partial charge in [0, 0.05) is 11.3 Å². The van der Waals surface area contributed by atoms with Gasteiger partial charge in [-0.05, 0) is 18.4 Å². The number of esters is 1. The van der Waals surface area contributed by atoms with Gasteiger partial charge in [-0.1, -0.05) is 6.07 Å². The second kappa shape index (κ2) is 5.88. The van der Waals surface area contributed by atoms with E-state index in [1.54, 1.807) is 24.4 Å². The van der Waals surface area contributed by atoms with Gasteiger partial charge >= 0.3 is 12.1 Å². The van der Waals surface area contributed by atoms with E-state index in [9.17, 15) is 18.0 Å². The van der Waals surface area contributed by atoms with E-state index in [4.69, 9.17) is 4.74 Å². The SMILES string of the molecule is CCOC(=O)c1cnn2c1N[C@@H](c1cccs1)C[C@H]2C(F)(F)F. The maximum Gasteiger partial charge on any atom is 0.410 e. The van der Waals surface area contributed by atoms with Gasteiger partial charge in [-0.2, -0.15) is 18.3 Å². The summed E-state index contributed by atoms with van der Waals surface area (Å²) in [6.45, 7) is 1.77. The van der Waals surface area contributed by atoms with Crippen LogP contribution in [0.2, 0.25) is 0 Å². The number of anilines is 1. The van der Waals surface area contributed by atoms with E-state index in [1.807, 2.05) is 0 Å². The summed E-state index contributed by atoms with van der Waals surface area (Å²) in [5.74, 6) is -0.635. The standard InChI is InChI=1S/C14H14F3N3O2S/c1-2-22-13(21)8-7-18-20-11(14(15,16)17)6-9(19-12(8)20)10-4-3-5-23-10/h3-5,7,9,11,19H,2,6H2,1H3/t9-,11+/m1/s1. The number of nitrogens with one attached hydrogen (secondary N) is 1. The number of halogens is 3. The third-order valence-corrected chi connectivity index (χ3v) is 4.61. The number of hydrogen-bond acceptors (Lipinski definition) is 5. The summed E-state index contributed by atoms with van der Waals surface area (Å²) < 4.78 is 45.9. The Balaban J connectivity index is 2.02. The van der Waals surface area contributed by atoms with Crippen molar-refractivity contribution < 1.29 is 22.7 Å². The summed E-state index contributed by atoms with van der Waals surface area (Å²) in [6, 6.07) is 1.24. The highest BCUT2D eigenvalue weighted by atomic mass is 32.1. The summed E-state index contributed by atoms with van der Waals surface area (Å²) in [7, 11) is 0. The third-order valence-electron chi connectivity index (χ3n) is 3.62. The molecule has 23 heavy (non-hydrogen) atoms. The predicted molar refractivity (Wildman–Crippen MR) is 78.6 cm³/mol. The van der Waals surface area contributed by atoms with Crippen LogP contribution in [-0.4, -0.2) is 28.5 Å². The molecule has 5 nitrogen and oxygen atoms in total.